The minimum atomic E-state index is -0.303. The molecule has 0 saturated carbocycles. The first kappa shape index (κ1) is 24.3. The molecule has 1 aliphatic heterocycles. The highest BCUT2D eigenvalue weighted by atomic mass is 16.5. The van der Waals surface area contributed by atoms with E-state index >= 15 is 0 Å². The van der Waals surface area contributed by atoms with Crippen LogP contribution >= 0.6 is 0 Å². The van der Waals surface area contributed by atoms with E-state index in [1.54, 1.807) is 14.2 Å². The van der Waals surface area contributed by atoms with Gasteiger partial charge in [-0.3, -0.25) is 4.79 Å². The van der Waals surface area contributed by atoms with Gasteiger partial charge >= 0.3 is 6.03 Å². The van der Waals surface area contributed by atoms with Crippen LogP contribution in [0.5, 0.6) is 5.75 Å². The Morgan fingerprint density at radius 3 is 2.58 bits per heavy atom. The normalized spacial score (nSPS) is 15.4. The minimum Gasteiger partial charge on any atom is -0.497 e. The monoisotopic (exact) mass is 452 g/mol. The van der Waals surface area contributed by atoms with Crippen molar-refractivity contribution in [1.82, 2.24) is 15.2 Å². The Labute approximate surface area is 195 Å². The number of carbonyl (C=O) groups excluding carboxylic acids is 2. The molecule has 1 atom stereocenters. The molecule has 0 fully saturated rings. The summed E-state index contributed by atoms with van der Waals surface area (Å²) in [6, 6.07) is 16.9. The van der Waals surface area contributed by atoms with Crippen LogP contribution in [0.15, 0.2) is 59.7 Å². The second-order valence-electron chi connectivity index (χ2n) is 8.17. The summed E-state index contributed by atoms with van der Waals surface area (Å²) in [5, 5.41) is 9.06. The molecular formula is C25H32N4O4. The van der Waals surface area contributed by atoms with Gasteiger partial charge in [-0.2, -0.15) is 5.10 Å². The number of amides is 3. The lowest BCUT2D eigenvalue weighted by atomic mass is 9.98. The van der Waals surface area contributed by atoms with Crippen LogP contribution in [0.3, 0.4) is 0 Å². The van der Waals surface area contributed by atoms with Crippen molar-refractivity contribution in [2.24, 2.45) is 5.10 Å². The van der Waals surface area contributed by atoms with Crippen LogP contribution < -0.4 is 10.1 Å². The van der Waals surface area contributed by atoms with E-state index in [2.05, 4.69) is 5.32 Å². The van der Waals surface area contributed by atoms with Crippen molar-refractivity contribution in [3.05, 3.63) is 65.7 Å². The zero-order valence-corrected chi connectivity index (χ0v) is 19.7. The number of rotatable bonds is 9. The van der Waals surface area contributed by atoms with Gasteiger partial charge in [-0.15, -0.1) is 0 Å². The topological polar surface area (TPSA) is 83.5 Å². The Hall–Kier alpha value is -3.39. The van der Waals surface area contributed by atoms with Gasteiger partial charge in [0.1, 0.15) is 12.3 Å². The van der Waals surface area contributed by atoms with Gasteiger partial charge in [-0.25, -0.2) is 9.80 Å². The second kappa shape index (κ2) is 11.5. The lowest BCUT2D eigenvalue weighted by molar-refractivity contribution is -0.133. The molecule has 8 heteroatoms. The predicted molar refractivity (Wildman–Crippen MR) is 127 cm³/mol. The van der Waals surface area contributed by atoms with Gasteiger partial charge < -0.3 is 19.7 Å². The zero-order chi connectivity index (χ0) is 23.8. The molecule has 3 amide bonds. The Morgan fingerprint density at radius 2 is 1.91 bits per heavy atom. The molecule has 1 heterocycles. The summed E-state index contributed by atoms with van der Waals surface area (Å²) in [7, 11) is 3.19. The van der Waals surface area contributed by atoms with Crippen LogP contribution in [0.2, 0.25) is 0 Å². The Bertz CT molecular complexity index is 977. The number of hydrazone groups is 1. The van der Waals surface area contributed by atoms with Gasteiger partial charge in [0, 0.05) is 31.7 Å². The van der Waals surface area contributed by atoms with Crippen molar-refractivity contribution in [3.63, 3.8) is 0 Å². The number of hydrogen-bond acceptors (Lipinski definition) is 5. The predicted octanol–water partition coefficient (Wildman–Crippen LogP) is 3.44. The highest BCUT2D eigenvalue weighted by molar-refractivity contribution is 6.03. The molecule has 0 radical (unpaired) electrons. The third-order valence-corrected chi connectivity index (χ3v) is 5.34. The van der Waals surface area contributed by atoms with Gasteiger partial charge in [0.15, 0.2) is 0 Å². The summed E-state index contributed by atoms with van der Waals surface area (Å²) in [6.07, 6.45) is 0.569. The molecule has 176 valence electrons. The van der Waals surface area contributed by atoms with E-state index in [0.29, 0.717) is 19.6 Å². The molecule has 0 spiro atoms. The first-order chi connectivity index (χ1) is 15.9. The van der Waals surface area contributed by atoms with Gasteiger partial charge in [0.25, 0.3) is 5.91 Å². The van der Waals surface area contributed by atoms with Crippen LogP contribution in [0.25, 0.3) is 0 Å². The molecule has 2 aromatic rings. The average Bonchev–Trinajstić information content (AvgIpc) is 3.27. The third kappa shape index (κ3) is 6.32. The van der Waals surface area contributed by atoms with E-state index < -0.39 is 0 Å². The van der Waals surface area contributed by atoms with Gasteiger partial charge in [0.2, 0.25) is 0 Å². The van der Waals surface area contributed by atoms with Crippen molar-refractivity contribution >= 4 is 17.6 Å². The summed E-state index contributed by atoms with van der Waals surface area (Å²) < 4.78 is 10.5. The number of urea groups is 1. The quantitative estimate of drug-likeness (QED) is 0.632. The standard InChI is InChI=1S/C25H32N4O4/c1-18(2)26-25(31)28(13-14-32-3)17-24(30)29-23(19-9-6-5-7-10-19)16-22(27-29)20-11-8-12-21(15-20)33-4/h5-12,15,18,23H,13-14,16-17H2,1-4H3,(H,26,31)/t23-/m1/s1. The Kier molecular flexibility index (Phi) is 8.43. The molecule has 2 aromatic carbocycles. The van der Waals surface area contributed by atoms with Gasteiger partial charge in [-0.05, 0) is 31.5 Å². The molecular weight excluding hydrogens is 420 g/mol. The van der Waals surface area contributed by atoms with Crippen LogP contribution in [-0.2, 0) is 9.53 Å². The van der Waals surface area contributed by atoms with Crippen molar-refractivity contribution < 1.29 is 19.1 Å². The number of methoxy groups -OCH3 is 2. The molecule has 0 unspecified atom stereocenters. The van der Waals surface area contributed by atoms with E-state index in [0.717, 1.165) is 22.6 Å². The maximum atomic E-state index is 13.4. The molecule has 0 aliphatic carbocycles. The molecule has 33 heavy (non-hydrogen) atoms. The van der Waals surface area contributed by atoms with Crippen molar-refractivity contribution in [1.29, 1.82) is 0 Å². The fourth-order valence-electron chi connectivity index (χ4n) is 3.68. The minimum absolute atomic E-state index is 0.0424. The number of nitrogens with one attached hydrogen (secondary N) is 1. The lowest BCUT2D eigenvalue weighted by Gasteiger charge is -2.27. The van der Waals surface area contributed by atoms with Crippen molar-refractivity contribution in [2.75, 3.05) is 33.9 Å². The molecule has 0 aromatic heterocycles. The fraction of sp³-hybridized carbons (Fsp3) is 0.400. The van der Waals surface area contributed by atoms with E-state index in [4.69, 9.17) is 14.6 Å². The first-order valence-electron chi connectivity index (χ1n) is 11.1. The van der Waals surface area contributed by atoms with E-state index in [1.807, 2.05) is 68.4 Å². The summed E-state index contributed by atoms with van der Waals surface area (Å²) in [5.41, 5.74) is 2.69. The largest absolute Gasteiger partial charge is 0.497 e. The van der Waals surface area contributed by atoms with Crippen LogP contribution in [-0.4, -0.2) is 67.5 Å². The fourth-order valence-corrected chi connectivity index (χ4v) is 3.68. The Balaban J connectivity index is 1.88. The van der Waals surface area contributed by atoms with E-state index in [1.165, 1.54) is 9.91 Å². The van der Waals surface area contributed by atoms with Crippen molar-refractivity contribution in [3.8, 4) is 5.75 Å². The number of carbonyl (C=O) groups is 2. The molecule has 3 rings (SSSR count). The molecule has 0 saturated heterocycles. The second-order valence-corrected chi connectivity index (χ2v) is 8.17. The summed E-state index contributed by atoms with van der Waals surface area (Å²) >= 11 is 0. The highest BCUT2D eigenvalue weighted by Crippen LogP contribution is 2.33. The summed E-state index contributed by atoms with van der Waals surface area (Å²) in [6.45, 7) is 4.30. The highest BCUT2D eigenvalue weighted by Gasteiger charge is 2.34. The zero-order valence-electron chi connectivity index (χ0n) is 19.7. The SMILES string of the molecule is COCCN(CC(=O)N1N=C(c2cccc(OC)c2)C[C@@H]1c1ccccc1)C(=O)NC(C)C. The number of hydrogen-bond donors (Lipinski definition) is 1. The Morgan fingerprint density at radius 1 is 1.15 bits per heavy atom. The van der Waals surface area contributed by atoms with Crippen LogP contribution in [0.1, 0.15) is 37.4 Å². The number of ether oxygens (including phenoxy) is 2. The lowest BCUT2D eigenvalue weighted by Crippen LogP contribution is -2.48. The molecule has 1 aliphatic rings. The number of benzene rings is 2. The summed E-state index contributed by atoms with van der Waals surface area (Å²) in [5.74, 6) is 0.476. The maximum Gasteiger partial charge on any atom is 0.318 e. The van der Waals surface area contributed by atoms with E-state index in [9.17, 15) is 9.59 Å². The van der Waals surface area contributed by atoms with Crippen LogP contribution in [0, 0.1) is 0 Å². The molecule has 8 nitrogen and oxygen atoms in total. The van der Waals surface area contributed by atoms with Crippen molar-refractivity contribution in [2.45, 2.75) is 32.4 Å². The number of nitrogens with zero attached hydrogens (tertiary/aromatic N) is 3. The van der Waals surface area contributed by atoms with Gasteiger partial charge in [-0.1, -0.05) is 42.5 Å². The molecule has 1 N–H and O–H groups in total. The maximum absolute atomic E-state index is 13.4. The van der Waals surface area contributed by atoms with Gasteiger partial charge in [0.05, 0.1) is 25.5 Å². The molecule has 0 bridgehead atoms. The summed E-state index contributed by atoms with van der Waals surface area (Å²) in [4.78, 5) is 27.5. The average molecular weight is 453 g/mol. The van der Waals surface area contributed by atoms with Crippen LogP contribution in [0.4, 0.5) is 4.79 Å². The third-order valence-electron chi connectivity index (χ3n) is 5.34. The first-order valence-corrected chi connectivity index (χ1v) is 11.1. The van der Waals surface area contributed by atoms with E-state index in [-0.39, 0.29) is 30.6 Å². The smallest absolute Gasteiger partial charge is 0.318 e.